The van der Waals surface area contributed by atoms with Gasteiger partial charge in [0.1, 0.15) is 0 Å². The van der Waals surface area contributed by atoms with Crippen molar-refractivity contribution in [1.82, 2.24) is 5.32 Å². The van der Waals surface area contributed by atoms with Crippen LogP contribution in [0.25, 0.3) is 0 Å². The Morgan fingerprint density at radius 1 is 1.31 bits per heavy atom. The van der Waals surface area contributed by atoms with Crippen LogP contribution in [0.1, 0.15) is 46.0 Å². The Balaban J connectivity index is 1.79. The van der Waals surface area contributed by atoms with Crippen molar-refractivity contribution in [2.45, 2.75) is 63.7 Å². The first-order valence-electron chi connectivity index (χ1n) is 6.67. The Morgan fingerprint density at radius 2 is 2.00 bits per heavy atom. The van der Waals surface area contributed by atoms with E-state index in [1.54, 1.807) is 0 Å². The van der Waals surface area contributed by atoms with Crippen LogP contribution in [0.15, 0.2) is 0 Å². The van der Waals surface area contributed by atoms with Crippen LogP contribution in [0.3, 0.4) is 0 Å². The second-order valence-electron chi connectivity index (χ2n) is 5.69. The maximum absolute atomic E-state index is 10.5. The molecule has 0 bridgehead atoms. The Labute approximate surface area is 98.6 Å². The molecule has 16 heavy (non-hydrogen) atoms. The van der Waals surface area contributed by atoms with Gasteiger partial charge in [0.25, 0.3) is 0 Å². The molecule has 3 atom stereocenters. The lowest BCUT2D eigenvalue weighted by molar-refractivity contribution is -0.00205. The SMILES string of the molecule is CC1OCCC1NCC(C)(O)C1CCCC1. The highest BCUT2D eigenvalue weighted by molar-refractivity contribution is 4.90. The fraction of sp³-hybridized carbons (Fsp3) is 1.00. The molecule has 1 saturated carbocycles. The first-order valence-corrected chi connectivity index (χ1v) is 6.67. The molecule has 1 saturated heterocycles. The Bertz CT molecular complexity index is 224. The van der Waals surface area contributed by atoms with E-state index >= 15 is 0 Å². The predicted molar refractivity (Wildman–Crippen MR) is 64.4 cm³/mol. The highest BCUT2D eigenvalue weighted by atomic mass is 16.5. The summed E-state index contributed by atoms with van der Waals surface area (Å²) < 4.78 is 5.51. The number of ether oxygens (including phenoxy) is 1. The molecule has 3 heteroatoms. The van der Waals surface area contributed by atoms with Gasteiger partial charge in [0.15, 0.2) is 0 Å². The van der Waals surface area contributed by atoms with Gasteiger partial charge < -0.3 is 15.2 Å². The van der Waals surface area contributed by atoms with Gasteiger partial charge in [-0.05, 0) is 39.0 Å². The van der Waals surface area contributed by atoms with Gasteiger partial charge in [-0.2, -0.15) is 0 Å². The number of hydrogen-bond acceptors (Lipinski definition) is 3. The van der Waals surface area contributed by atoms with E-state index in [1.165, 1.54) is 25.7 Å². The van der Waals surface area contributed by atoms with Crippen molar-refractivity contribution in [3.05, 3.63) is 0 Å². The molecule has 3 unspecified atom stereocenters. The quantitative estimate of drug-likeness (QED) is 0.768. The number of aliphatic hydroxyl groups is 1. The third-order valence-electron chi connectivity index (χ3n) is 4.33. The Kier molecular flexibility index (Phi) is 3.88. The van der Waals surface area contributed by atoms with Crippen molar-refractivity contribution >= 4 is 0 Å². The molecule has 3 nitrogen and oxygen atoms in total. The van der Waals surface area contributed by atoms with E-state index < -0.39 is 5.60 Å². The summed E-state index contributed by atoms with van der Waals surface area (Å²) in [5.74, 6) is 0.484. The van der Waals surface area contributed by atoms with E-state index in [0.717, 1.165) is 13.0 Å². The number of hydrogen-bond donors (Lipinski definition) is 2. The Morgan fingerprint density at radius 3 is 2.56 bits per heavy atom. The Hall–Kier alpha value is -0.120. The second kappa shape index (κ2) is 5.03. The molecule has 2 N–H and O–H groups in total. The lowest BCUT2D eigenvalue weighted by Crippen LogP contribution is -2.48. The van der Waals surface area contributed by atoms with E-state index in [1.807, 2.05) is 6.92 Å². The van der Waals surface area contributed by atoms with Crippen LogP contribution in [0.2, 0.25) is 0 Å². The predicted octanol–water partition coefficient (Wildman–Crippen LogP) is 1.69. The van der Waals surface area contributed by atoms with Gasteiger partial charge in [-0.15, -0.1) is 0 Å². The molecule has 94 valence electrons. The molecule has 1 aliphatic heterocycles. The molecular formula is C13H25NO2. The normalized spacial score (nSPS) is 35.4. The van der Waals surface area contributed by atoms with Crippen molar-refractivity contribution in [3.63, 3.8) is 0 Å². The van der Waals surface area contributed by atoms with Crippen molar-refractivity contribution in [2.75, 3.05) is 13.2 Å². The lowest BCUT2D eigenvalue weighted by atomic mass is 9.87. The van der Waals surface area contributed by atoms with Crippen molar-refractivity contribution in [3.8, 4) is 0 Å². The maximum Gasteiger partial charge on any atom is 0.0771 e. The topological polar surface area (TPSA) is 41.5 Å². The summed E-state index contributed by atoms with van der Waals surface area (Å²) in [6.07, 6.45) is 6.30. The van der Waals surface area contributed by atoms with Crippen LogP contribution in [-0.4, -0.2) is 36.0 Å². The highest BCUT2D eigenvalue weighted by Gasteiger charge is 2.35. The average Bonchev–Trinajstić information content (AvgIpc) is 2.85. The zero-order chi connectivity index (χ0) is 11.6. The summed E-state index contributed by atoms with van der Waals surface area (Å²) in [5, 5.41) is 13.9. The summed E-state index contributed by atoms with van der Waals surface area (Å²) in [7, 11) is 0. The van der Waals surface area contributed by atoms with Gasteiger partial charge in [0, 0.05) is 19.2 Å². The van der Waals surface area contributed by atoms with E-state index in [2.05, 4.69) is 12.2 Å². The number of rotatable bonds is 4. The molecule has 1 heterocycles. The second-order valence-corrected chi connectivity index (χ2v) is 5.69. The molecule has 2 fully saturated rings. The van der Waals surface area contributed by atoms with E-state index in [9.17, 15) is 5.11 Å². The van der Waals surface area contributed by atoms with Crippen molar-refractivity contribution < 1.29 is 9.84 Å². The molecule has 0 aromatic heterocycles. The van der Waals surface area contributed by atoms with Crippen LogP contribution in [0.5, 0.6) is 0 Å². The van der Waals surface area contributed by atoms with Gasteiger partial charge in [-0.1, -0.05) is 12.8 Å². The van der Waals surface area contributed by atoms with E-state index in [4.69, 9.17) is 4.74 Å². The van der Waals surface area contributed by atoms with Gasteiger partial charge >= 0.3 is 0 Å². The summed E-state index contributed by atoms with van der Waals surface area (Å²) in [4.78, 5) is 0. The fourth-order valence-electron chi connectivity index (χ4n) is 3.03. The first kappa shape index (κ1) is 12.3. The number of nitrogens with one attached hydrogen (secondary N) is 1. The molecule has 0 aromatic rings. The van der Waals surface area contributed by atoms with E-state index in [-0.39, 0.29) is 0 Å². The van der Waals surface area contributed by atoms with Crippen LogP contribution in [0.4, 0.5) is 0 Å². The zero-order valence-electron chi connectivity index (χ0n) is 10.5. The van der Waals surface area contributed by atoms with Gasteiger partial charge in [-0.25, -0.2) is 0 Å². The zero-order valence-corrected chi connectivity index (χ0v) is 10.5. The highest BCUT2D eigenvalue weighted by Crippen LogP contribution is 2.33. The first-order chi connectivity index (χ1) is 7.59. The minimum absolute atomic E-state index is 0.291. The third-order valence-corrected chi connectivity index (χ3v) is 4.33. The van der Waals surface area contributed by atoms with Crippen LogP contribution in [-0.2, 0) is 4.74 Å². The van der Waals surface area contributed by atoms with E-state index in [0.29, 0.717) is 24.6 Å². The van der Waals surface area contributed by atoms with Crippen molar-refractivity contribution in [2.24, 2.45) is 5.92 Å². The van der Waals surface area contributed by atoms with Crippen LogP contribution < -0.4 is 5.32 Å². The van der Waals surface area contributed by atoms with Gasteiger partial charge in [0.2, 0.25) is 0 Å². The molecular weight excluding hydrogens is 202 g/mol. The summed E-state index contributed by atoms with van der Waals surface area (Å²) in [6, 6.07) is 0.424. The molecule has 0 spiro atoms. The van der Waals surface area contributed by atoms with Crippen LogP contribution in [0, 0.1) is 5.92 Å². The van der Waals surface area contributed by atoms with Crippen LogP contribution >= 0.6 is 0 Å². The summed E-state index contributed by atoms with van der Waals surface area (Å²) >= 11 is 0. The molecule has 0 radical (unpaired) electrons. The van der Waals surface area contributed by atoms with Gasteiger partial charge in [-0.3, -0.25) is 0 Å². The third kappa shape index (κ3) is 2.76. The fourth-order valence-corrected chi connectivity index (χ4v) is 3.03. The maximum atomic E-state index is 10.5. The largest absolute Gasteiger partial charge is 0.389 e. The lowest BCUT2D eigenvalue weighted by Gasteiger charge is -2.32. The minimum Gasteiger partial charge on any atom is -0.389 e. The minimum atomic E-state index is -0.543. The standard InChI is InChI=1S/C13H25NO2/c1-10-12(7-8-16-10)14-9-13(2,15)11-5-3-4-6-11/h10-12,14-15H,3-9H2,1-2H3. The molecule has 2 aliphatic rings. The smallest absolute Gasteiger partial charge is 0.0771 e. The average molecular weight is 227 g/mol. The molecule has 1 aliphatic carbocycles. The summed E-state index contributed by atoms with van der Waals surface area (Å²) in [5.41, 5.74) is -0.543. The molecule has 0 aromatic carbocycles. The molecule has 0 amide bonds. The van der Waals surface area contributed by atoms with Gasteiger partial charge in [0.05, 0.1) is 11.7 Å². The monoisotopic (exact) mass is 227 g/mol. The van der Waals surface area contributed by atoms with Crippen molar-refractivity contribution in [1.29, 1.82) is 0 Å². The molecule has 2 rings (SSSR count). The summed E-state index contributed by atoms with van der Waals surface area (Å²) in [6.45, 7) is 5.64.